The Morgan fingerprint density at radius 3 is 2.79 bits per heavy atom. The lowest BCUT2D eigenvalue weighted by Crippen LogP contribution is -2.01. The number of rotatable bonds is 4. The van der Waals surface area contributed by atoms with Gasteiger partial charge in [-0.25, -0.2) is 4.39 Å². The topological polar surface area (TPSA) is 26.3 Å². The minimum absolute atomic E-state index is 0.270. The molecule has 2 aromatic carbocycles. The molecule has 0 fully saturated rings. The zero-order valence-corrected chi connectivity index (χ0v) is 11.9. The molecular formula is C15H12BrFO2. The van der Waals surface area contributed by atoms with Crippen molar-refractivity contribution in [2.45, 2.75) is 13.5 Å². The summed E-state index contributed by atoms with van der Waals surface area (Å²) in [5, 5.41) is 0. The van der Waals surface area contributed by atoms with Gasteiger partial charge in [0.2, 0.25) is 0 Å². The SMILES string of the molecule is Cc1cccc(C=O)c1OCc1ccc(F)cc1Br. The van der Waals surface area contributed by atoms with E-state index in [1.54, 1.807) is 18.2 Å². The van der Waals surface area contributed by atoms with Gasteiger partial charge in [-0.05, 0) is 30.7 Å². The molecule has 0 aliphatic rings. The first-order valence-electron chi connectivity index (χ1n) is 5.73. The quantitative estimate of drug-likeness (QED) is 0.785. The van der Waals surface area contributed by atoms with Crippen molar-refractivity contribution >= 4 is 22.2 Å². The molecule has 0 unspecified atom stereocenters. The van der Waals surface area contributed by atoms with Crippen LogP contribution in [0.25, 0.3) is 0 Å². The Morgan fingerprint density at radius 2 is 2.11 bits per heavy atom. The molecule has 98 valence electrons. The van der Waals surface area contributed by atoms with E-state index in [0.717, 1.165) is 17.4 Å². The molecule has 0 N–H and O–H groups in total. The van der Waals surface area contributed by atoms with Gasteiger partial charge in [0.15, 0.2) is 6.29 Å². The molecule has 0 radical (unpaired) electrons. The van der Waals surface area contributed by atoms with E-state index in [4.69, 9.17) is 4.74 Å². The third-order valence-electron chi connectivity index (χ3n) is 2.76. The molecule has 0 saturated carbocycles. The summed E-state index contributed by atoms with van der Waals surface area (Å²) in [6, 6.07) is 9.80. The number of aldehydes is 1. The van der Waals surface area contributed by atoms with Gasteiger partial charge >= 0.3 is 0 Å². The van der Waals surface area contributed by atoms with Crippen LogP contribution in [0.2, 0.25) is 0 Å². The summed E-state index contributed by atoms with van der Waals surface area (Å²) in [6.07, 6.45) is 0.766. The molecule has 0 aromatic heterocycles. The van der Waals surface area contributed by atoms with Crippen LogP contribution in [0.3, 0.4) is 0 Å². The number of hydrogen-bond donors (Lipinski definition) is 0. The molecule has 0 spiro atoms. The van der Waals surface area contributed by atoms with E-state index in [0.29, 0.717) is 15.8 Å². The van der Waals surface area contributed by atoms with E-state index in [1.165, 1.54) is 12.1 Å². The molecular weight excluding hydrogens is 311 g/mol. The van der Waals surface area contributed by atoms with Gasteiger partial charge in [-0.3, -0.25) is 4.79 Å². The molecule has 2 aromatic rings. The number of hydrogen-bond acceptors (Lipinski definition) is 2. The molecule has 0 amide bonds. The smallest absolute Gasteiger partial charge is 0.153 e. The summed E-state index contributed by atoms with van der Waals surface area (Å²) in [4.78, 5) is 11.0. The molecule has 0 bridgehead atoms. The fraction of sp³-hybridized carbons (Fsp3) is 0.133. The van der Waals surface area contributed by atoms with Crippen LogP contribution < -0.4 is 4.74 Å². The summed E-state index contributed by atoms with van der Waals surface area (Å²) in [5.41, 5.74) is 2.22. The number of halogens is 2. The first-order valence-corrected chi connectivity index (χ1v) is 6.52. The molecule has 4 heteroatoms. The number of para-hydroxylation sites is 1. The summed E-state index contributed by atoms with van der Waals surface area (Å²) in [6.45, 7) is 2.15. The third-order valence-corrected chi connectivity index (χ3v) is 3.49. The Hall–Kier alpha value is -1.68. The average molecular weight is 323 g/mol. The van der Waals surface area contributed by atoms with Crippen molar-refractivity contribution in [3.05, 3.63) is 63.4 Å². The van der Waals surface area contributed by atoms with E-state index in [2.05, 4.69) is 15.9 Å². The molecule has 2 rings (SSSR count). The maximum Gasteiger partial charge on any atom is 0.153 e. The maximum absolute atomic E-state index is 13.0. The zero-order valence-electron chi connectivity index (χ0n) is 10.3. The highest BCUT2D eigenvalue weighted by atomic mass is 79.9. The van der Waals surface area contributed by atoms with E-state index in [9.17, 15) is 9.18 Å². The van der Waals surface area contributed by atoms with E-state index in [-0.39, 0.29) is 12.4 Å². The lowest BCUT2D eigenvalue weighted by atomic mass is 10.1. The molecule has 0 aliphatic heterocycles. The summed E-state index contributed by atoms with van der Waals surface area (Å²) >= 11 is 3.29. The van der Waals surface area contributed by atoms with Gasteiger partial charge in [0.05, 0.1) is 5.56 Å². The van der Waals surface area contributed by atoms with Crippen molar-refractivity contribution < 1.29 is 13.9 Å². The van der Waals surface area contributed by atoms with E-state index < -0.39 is 0 Å². The molecule has 0 aliphatic carbocycles. The first kappa shape index (κ1) is 13.7. The van der Waals surface area contributed by atoms with Crippen LogP contribution in [0.5, 0.6) is 5.75 Å². The number of aryl methyl sites for hydroxylation is 1. The lowest BCUT2D eigenvalue weighted by Gasteiger charge is -2.12. The minimum atomic E-state index is -0.305. The number of ether oxygens (including phenoxy) is 1. The Morgan fingerprint density at radius 1 is 1.32 bits per heavy atom. The second-order valence-electron chi connectivity index (χ2n) is 4.14. The average Bonchev–Trinajstić information content (AvgIpc) is 2.39. The predicted molar refractivity (Wildman–Crippen MR) is 75.0 cm³/mol. The number of carbonyl (C=O) groups excluding carboxylic acids is 1. The Balaban J connectivity index is 2.21. The molecule has 2 nitrogen and oxygen atoms in total. The standard InChI is InChI=1S/C15H12BrFO2/c1-10-3-2-4-11(8-18)15(10)19-9-12-5-6-13(17)7-14(12)16/h2-8H,9H2,1H3. The number of carbonyl (C=O) groups is 1. The molecule has 0 atom stereocenters. The van der Waals surface area contributed by atoms with Gasteiger partial charge in [-0.1, -0.05) is 34.1 Å². The maximum atomic E-state index is 13.0. The summed E-state index contributed by atoms with van der Waals surface area (Å²) in [5.74, 6) is 0.258. The molecule has 0 heterocycles. The van der Waals surface area contributed by atoms with Gasteiger partial charge in [0, 0.05) is 10.0 Å². The van der Waals surface area contributed by atoms with Crippen molar-refractivity contribution in [3.8, 4) is 5.75 Å². The van der Waals surface area contributed by atoms with Crippen molar-refractivity contribution in [1.82, 2.24) is 0 Å². The Labute approximate surface area is 119 Å². The third kappa shape index (κ3) is 3.20. The fourth-order valence-corrected chi connectivity index (χ4v) is 2.22. The van der Waals surface area contributed by atoms with Gasteiger partial charge in [0.25, 0.3) is 0 Å². The predicted octanol–water partition coefficient (Wildman–Crippen LogP) is 4.29. The van der Waals surface area contributed by atoms with Crippen molar-refractivity contribution in [1.29, 1.82) is 0 Å². The monoisotopic (exact) mass is 322 g/mol. The van der Waals surface area contributed by atoms with Crippen molar-refractivity contribution in [3.63, 3.8) is 0 Å². The highest BCUT2D eigenvalue weighted by molar-refractivity contribution is 9.10. The van der Waals surface area contributed by atoms with Crippen LogP contribution in [0.4, 0.5) is 4.39 Å². The van der Waals surface area contributed by atoms with Crippen LogP contribution in [0.15, 0.2) is 40.9 Å². The number of benzene rings is 2. The van der Waals surface area contributed by atoms with Crippen LogP contribution in [0.1, 0.15) is 21.5 Å². The van der Waals surface area contributed by atoms with Gasteiger partial charge in [-0.15, -0.1) is 0 Å². The van der Waals surface area contributed by atoms with Crippen molar-refractivity contribution in [2.24, 2.45) is 0 Å². The second kappa shape index (κ2) is 5.97. The van der Waals surface area contributed by atoms with Crippen LogP contribution in [-0.4, -0.2) is 6.29 Å². The van der Waals surface area contributed by atoms with E-state index >= 15 is 0 Å². The normalized spacial score (nSPS) is 10.3. The fourth-order valence-electron chi connectivity index (χ4n) is 1.75. The Kier molecular flexibility index (Phi) is 4.32. The molecule has 0 saturated heterocycles. The first-order chi connectivity index (χ1) is 9.11. The highest BCUT2D eigenvalue weighted by Crippen LogP contribution is 2.25. The van der Waals surface area contributed by atoms with Crippen LogP contribution >= 0.6 is 15.9 Å². The minimum Gasteiger partial charge on any atom is -0.488 e. The van der Waals surface area contributed by atoms with Gasteiger partial charge < -0.3 is 4.74 Å². The summed E-state index contributed by atoms with van der Waals surface area (Å²) in [7, 11) is 0. The van der Waals surface area contributed by atoms with E-state index in [1.807, 2.05) is 13.0 Å². The highest BCUT2D eigenvalue weighted by Gasteiger charge is 2.08. The summed E-state index contributed by atoms with van der Waals surface area (Å²) < 4.78 is 19.3. The van der Waals surface area contributed by atoms with Crippen molar-refractivity contribution in [2.75, 3.05) is 0 Å². The Bertz CT molecular complexity index is 611. The second-order valence-corrected chi connectivity index (χ2v) is 4.99. The molecule has 19 heavy (non-hydrogen) atoms. The van der Waals surface area contributed by atoms with Gasteiger partial charge in [0.1, 0.15) is 18.2 Å². The van der Waals surface area contributed by atoms with Crippen LogP contribution in [-0.2, 0) is 6.61 Å². The largest absolute Gasteiger partial charge is 0.488 e. The van der Waals surface area contributed by atoms with Gasteiger partial charge in [-0.2, -0.15) is 0 Å². The zero-order chi connectivity index (χ0) is 13.8. The lowest BCUT2D eigenvalue weighted by molar-refractivity contribution is 0.111. The van der Waals surface area contributed by atoms with Crippen LogP contribution in [0, 0.1) is 12.7 Å².